The van der Waals surface area contributed by atoms with E-state index in [1.807, 2.05) is 0 Å². The van der Waals surface area contributed by atoms with Crippen LogP contribution < -0.4 is 4.90 Å². The van der Waals surface area contributed by atoms with Gasteiger partial charge in [-0.2, -0.15) is 4.98 Å². The van der Waals surface area contributed by atoms with Crippen LogP contribution in [0, 0.1) is 12.3 Å². The van der Waals surface area contributed by atoms with E-state index in [-0.39, 0.29) is 0 Å². The highest BCUT2D eigenvalue weighted by Crippen LogP contribution is 2.37. The maximum Gasteiger partial charge on any atom is 0.225 e. The summed E-state index contributed by atoms with van der Waals surface area (Å²) in [6.45, 7) is 8.77. The molecule has 1 aliphatic rings. The predicted molar refractivity (Wildman–Crippen MR) is 77.8 cm³/mol. The van der Waals surface area contributed by atoms with Crippen molar-refractivity contribution in [2.75, 3.05) is 18.0 Å². The highest BCUT2D eigenvalue weighted by molar-refractivity contribution is 7.18. The minimum absolute atomic E-state index is 0.351. The minimum atomic E-state index is 0.351. The van der Waals surface area contributed by atoms with Crippen molar-refractivity contribution < 1.29 is 0 Å². The van der Waals surface area contributed by atoms with Crippen LogP contribution in [0.4, 0.5) is 5.82 Å². The summed E-state index contributed by atoms with van der Waals surface area (Å²) in [6.07, 6.45) is 1.19. The third-order valence-electron chi connectivity index (χ3n) is 3.45. The SMILES string of the molecule is Cc1cc2c(N3CCC(C)(C)C3)nc(Cl)nc2s1. The molecule has 96 valence electrons. The molecular formula is C13H16ClN3S. The van der Waals surface area contributed by atoms with Crippen molar-refractivity contribution in [3.8, 4) is 0 Å². The fourth-order valence-corrected chi connectivity index (χ4v) is 3.62. The van der Waals surface area contributed by atoms with Crippen molar-refractivity contribution >= 4 is 39.0 Å². The van der Waals surface area contributed by atoms with Crippen LogP contribution in [0.1, 0.15) is 25.1 Å². The minimum Gasteiger partial charge on any atom is -0.355 e. The van der Waals surface area contributed by atoms with Crippen LogP contribution in [0.15, 0.2) is 6.07 Å². The lowest BCUT2D eigenvalue weighted by molar-refractivity contribution is 0.418. The Kier molecular flexibility index (Phi) is 2.75. The molecule has 3 rings (SSSR count). The molecule has 0 saturated carbocycles. The van der Waals surface area contributed by atoms with Gasteiger partial charge in [0.25, 0.3) is 0 Å². The average Bonchev–Trinajstić information content (AvgIpc) is 2.79. The van der Waals surface area contributed by atoms with Gasteiger partial charge >= 0.3 is 0 Å². The number of fused-ring (bicyclic) bond motifs is 1. The summed E-state index contributed by atoms with van der Waals surface area (Å²) in [5.74, 6) is 1.000. The lowest BCUT2D eigenvalue weighted by Crippen LogP contribution is -2.23. The van der Waals surface area contributed by atoms with E-state index in [4.69, 9.17) is 11.6 Å². The number of aromatic nitrogens is 2. The quantitative estimate of drug-likeness (QED) is 0.743. The van der Waals surface area contributed by atoms with Crippen molar-refractivity contribution in [2.24, 2.45) is 5.41 Å². The van der Waals surface area contributed by atoms with Crippen molar-refractivity contribution in [1.29, 1.82) is 0 Å². The van der Waals surface area contributed by atoms with E-state index in [2.05, 4.69) is 41.7 Å². The molecule has 2 aromatic heterocycles. The first-order valence-electron chi connectivity index (χ1n) is 6.13. The number of hydrogen-bond acceptors (Lipinski definition) is 4. The zero-order chi connectivity index (χ0) is 12.9. The second-order valence-electron chi connectivity index (χ2n) is 5.73. The molecular weight excluding hydrogens is 266 g/mol. The van der Waals surface area contributed by atoms with Crippen LogP contribution in [0.2, 0.25) is 5.28 Å². The average molecular weight is 282 g/mol. The fraction of sp³-hybridized carbons (Fsp3) is 0.538. The molecule has 1 fully saturated rings. The van der Waals surface area contributed by atoms with E-state index in [9.17, 15) is 0 Å². The summed E-state index contributed by atoms with van der Waals surface area (Å²) in [5.41, 5.74) is 0.356. The van der Waals surface area contributed by atoms with Crippen molar-refractivity contribution in [2.45, 2.75) is 27.2 Å². The van der Waals surface area contributed by atoms with E-state index < -0.39 is 0 Å². The third-order valence-corrected chi connectivity index (χ3v) is 4.56. The summed E-state index contributed by atoms with van der Waals surface area (Å²) in [5, 5.41) is 1.49. The Morgan fingerprint density at radius 2 is 2.17 bits per heavy atom. The van der Waals surface area contributed by atoms with Crippen LogP contribution in [-0.4, -0.2) is 23.1 Å². The largest absolute Gasteiger partial charge is 0.355 e. The summed E-state index contributed by atoms with van der Waals surface area (Å²) in [4.78, 5) is 13.3. The van der Waals surface area contributed by atoms with Gasteiger partial charge in [0.2, 0.25) is 5.28 Å². The van der Waals surface area contributed by atoms with Crippen LogP contribution in [-0.2, 0) is 0 Å². The van der Waals surface area contributed by atoms with E-state index in [0.717, 1.165) is 29.1 Å². The Balaban J connectivity index is 2.11. The Bertz CT molecular complexity index is 606. The predicted octanol–water partition coefficient (Wildman–Crippen LogP) is 3.89. The molecule has 3 heterocycles. The van der Waals surface area contributed by atoms with Gasteiger partial charge in [0.05, 0.1) is 5.39 Å². The van der Waals surface area contributed by atoms with Gasteiger partial charge in [-0.3, -0.25) is 0 Å². The third kappa shape index (κ3) is 2.08. The maximum absolute atomic E-state index is 6.04. The first-order valence-corrected chi connectivity index (χ1v) is 7.33. The summed E-state index contributed by atoms with van der Waals surface area (Å²) < 4.78 is 0. The van der Waals surface area contributed by atoms with Crippen molar-refractivity contribution in [3.63, 3.8) is 0 Å². The monoisotopic (exact) mass is 281 g/mol. The molecule has 0 bridgehead atoms. The Morgan fingerprint density at radius 1 is 1.39 bits per heavy atom. The van der Waals surface area contributed by atoms with Gasteiger partial charge in [0, 0.05) is 18.0 Å². The number of nitrogens with zero attached hydrogens (tertiary/aromatic N) is 3. The van der Waals surface area contributed by atoms with E-state index >= 15 is 0 Å². The maximum atomic E-state index is 6.04. The van der Waals surface area contributed by atoms with Gasteiger partial charge in [-0.05, 0) is 36.4 Å². The van der Waals surface area contributed by atoms with E-state index in [1.54, 1.807) is 11.3 Å². The zero-order valence-electron chi connectivity index (χ0n) is 10.8. The van der Waals surface area contributed by atoms with Crippen molar-refractivity contribution in [3.05, 3.63) is 16.2 Å². The molecule has 1 aliphatic heterocycles. The number of hydrogen-bond donors (Lipinski definition) is 0. The summed E-state index contributed by atoms with van der Waals surface area (Å²) >= 11 is 7.72. The van der Waals surface area contributed by atoms with Gasteiger partial charge in [0.15, 0.2) is 0 Å². The molecule has 0 N–H and O–H groups in total. The van der Waals surface area contributed by atoms with E-state index in [0.29, 0.717) is 10.7 Å². The van der Waals surface area contributed by atoms with E-state index in [1.165, 1.54) is 11.3 Å². The second-order valence-corrected chi connectivity index (χ2v) is 7.30. The first kappa shape index (κ1) is 12.2. The van der Waals surface area contributed by atoms with Gasteiger partial charge in [-0.1, -0.05) is 13.8 Å². The van der Waals surface area contributed by atoms with Gasteiger partial charge < -0.3 is 4.90 Å². The molecule has 0 radical (unpaired) electrons. The van der Waals surface area contributed by atoms with Gasteiger partial charge in [-0.15, -0.1) is 11.3 Å². The smallest absolute Gasteiger partial charge is 0.225 e. The topological polar surface area (TPSA) is 29.0 Å². The summed E-state index contributed by atoms with van der Waals surface area (Å²) in [6, 6.07) is 2.16. The normalized spacial score (nSPS) is 18.8. The molecule has 0 spiro atoms. The van der Waals surface area contributed by atoms with Crippen LogP contribution in [0.25, 0.3) is 10.2 Å². The molecule has 18 heavy (non-hydrogen) atoms. The number of anilines is 1. The van der Waals surface area contributed by atoms with Crippen LogP contribution in [0.3, 0.4) is 0 Å². The number of aryl methyl sites for hydroxylation is 1. The zero-order valence-corrected chi connectivity index (χ0v) is 12.4. The summed E-state index contributed by atoms with van der Waals surface area (Å²) in [7, 11) is 0. The molecule has 3 nitrogen and oxygen atoms in total. The van der Waals surface area contributed by atoms with Crippen LogP contribution in [0.5, 0.6) is 0 Å². The standard InChI is InChI=1S/C13H16ClN3S/c1-8-6-9-10(15-12(14)16-11(9)18-8)17-5-4-13(2,3)7-17/h6H,4-5,7H2,1-3H3. The highest BCUT2D eigenvalue weighted by Gasteiger charge is 2.31. The molecule has 2 aromatic rings. The molecule has 0 aliphatic carbocycles. The lowest BCUT2D eigenvalue weighted by atomic mass is 9.93. The highest BCUT2D eigenvalue weighted by atomic mass is 35.5. The lowest BCUT2D eigenvalue weighted by Gasteiger charge is -2.21. The molecule has 5 heteroatoms. The molecule has 0 amide bonds. The Morgan fingerprint density at radius 3 is 2.83 bits per heavy atom. The number of thiophene rings is 1. The Hall–Kier alpha value is -0.870. The van der Waals surface area contributed by atoms with Gasteiger partial charge in [0.1, 0.15) is 10.6 Å². The number of halogens is 1. The second kappa shape index (κ2) is 4.07. The first-order chi connectivity index (χ1) is 8.44. The molecule has 0 unspecified atom stereocenters. The molecule has 0 aromatic carbocycles. The van der Waals surface area contributed by atoms with Gasteiger partial charge in [-0.25, -0.2) is 4.98 Å². The Labute approximate surface area is 116 Å². The molecule has 1 saturated heterocycles. The fourth-order valence-electron chi connectivity index (χ4n) is 2.54. The van der Waals surface area contributed by atoms with Crippen LogP contribution >= 0.6 is 22.9 Å². The molecule has 0 atom stereocenters. The van der Waals surface area contributed by atoms with Crippen molar-refractivity contribution in [1.82, 2.24) is 9.97 Å². The number of rotatable bonds is 1.